The second-order valence-corrected chi connectivity index (χ2v) is 9.42. The lowest BCUT2D eigenvalue weighted by atomic mass is 9.82. The van der Waals surface area contributed by atoms with E-state index in [1.807, 2.05) is 0 Å². The Morgan fingerprint density at radius 1 is 0.417 bits per heavy atom. The van der Waals surface area contributed by atoms with Gasteiger partial charge in [-0.05, 0) is 36.8 Å². The molecule has 0 aliphatic carbocycles. The first-order chi connectivity index (χ1) is 17.2. The molecule has 0 aliphatic rings. The summed E-state index contributed by atoms with van der Waals surface area (Å²) in [5.41, 5.74) is -2.77. The van der Waals surface area contributed by atoms with Crippen LogP contribution in [0.15, 0.2) is 0 Å². The van der Waals surface area contributed by atoms with Gasteiger partial charge >= 0.3 is 23.9 Å². The molecular formula is C28H42O8. The first-order valence-electron chi connectivity index (χ1n) is 13.3. The van der Waals surface area contributed by atoms with E-state index >= 15 is 0 Å². The zero-order valence-corrected chi connectivity index (χ0v) is 21.7. The molecule has 4 N–H and O–H groups in total. The maximum atomic E-state index is 12.2. The molecule has 1 aromatic rings. The van der Waals surface area contributed by atoms with Gasteiger partial charge in [-0.1, -0.05) is 90.9 Å². The molecule has 1 aromatic carbocycles. The van der Waals surface area contributed by atoms with Gasteiger partial charge in [0.1, 0.15) is 0 Å². The molecule has 0 radical (unpaired) electrons. The Hall–Kier alpha value is -2.90. The number of rotatable bonds is 20. The summed E-state index contributed by atoms with van der Waals surface area (Å²) in [6, 6.07) is 0. The summed E-state index contributed by atoms with van der Waals surface area (Å²) in [7, 11) is 0. The number of aromatic carboxylic acids is 4. The first-order valence-corrected chi connectivity index (χ1v) is 13.3. The van der Waals surface area contributed by atoms with E-state index in [2.05, 4.69) is 13.8 Å². The number of unbranched alkanes of at least 4 members (excludes halogenated alkanes) is 12. The van der Waals surface area contributed by atoms with Gasteiger partial charge < -0.3 is 20.4 Å². The van der Waals surface area contributed by atoms with E-state index in [0.29, 0.717) is 25.7 Å². The van der Waals surface area contributed by atoms with Crippen LogP contribution in [0.3, 0.4) is 0 Å². The highest BCUT2D eigenvalue weighted by Gasteiger charge is 2.35. The highest BCUT2D eigenvalue weighted by atomic mass is 16.4. The van der Waals surface area contributed by atoms with Crippen LogP contribution < -0.4 is 0 Å². The number of carboxylic acids is 4. The smallest absolute Gasteiger partial charge is 0.336 e. The van der Waals surface area contributed by atoms with E-state index < -0.39 is 46.1 Å². The monoisotopic (exact) mass is 506 g/mol. The van der Waals surface area contributed by atoms with Crippen molar-refractivity contribution < 1.29 is 39.6 Å². The Balaban J connectivity index is 3.39. The third kappa shape index (κ3) is 9.28. The van der Waals surface area contributed by atoms with E-state index in [0.717, 1.165) is 64.2 Å². The molecule has 0 aliphatic heterocycles. The topological polar surface area (TPSA) is 149 Å². The normalized spacial score (nSPS) is 10.9. The Bertz CT molecular complexity index is 777. The van der Waals surface area contributed by atoms with E-state index in [4.69, 9.17) is 0 Å². The summed E-state index contributed by atoms with van der Waals surface area (Å²) < 4.78 is 0. The predicted octanol–water partition coefficient (Wildman–Crippen LogP) is 7.07. The lowest BCUT2D eigenvalue weighted by Gasteiger charge is -2.20. The largest absolute Gasteiger partial charge is 0.478 e. The summed E-state index contributed by atoms with van der Waals surface area (Å²) in [5.74, 6) is -6.20. The molecule has 202 valence electrons. The van der Waals surface area contributed by atoms with Crippen LogP contribution in [-0.4, -0.2) is 44.3 Å². The molecule has 8 nitrogen and oxygen atoms in total. The van der Waals surface area contributed by atoms with Gasteiger partial charge in [0.05, 0.1) is 22.3 Å². The fraction of sp³-hybridized carbons (Fsp3) is 0.643. The average molecular weight is 507 g/mol. The van der Waals surface area contributed by atoms with Crippen molar-refractivity contribution in [3.8, 4) is 0 Å². The molecule has 8 heteroatoms. The van der Waals surface area contributed by atoms with Gasteiger partial charge in [0.2, 0.25) is 0 Å². The Kier molecular flexibility index (Phi) is 14.5. The molecule has 1 rings (SSSR count). The average Bonchev–Trinajstić information content (AvgIpc) is 2.81. The van der Waals surface area contributed by atoms with Gasteiger partial charge in [0.25, 0.3) is 0 Å². The number of benzene rings is 1. The number of carbonyl (C=O) groups is 4. The molecule has 0 heterocycles. The molecule has 0 saturated heterocycles. The Morgan fingerprint density at radius 2 is 0.639 bits per heavy atom. The summed E-state index contributed by atoms with van der Waals surface area (Å²) in [6.07, 6.45) is 12.7. The quantitative estimate of drug-likeness (QED) is 0.137. The molecule has 0 spiro atoms. The van der Waals surface area contributed by atoms with Crippen LogP contribution in [0.5, 0.6) is 0 Å². The van der Waals surface area contributed by atoms with Gasteiger partial charge in [-0.3, -0.25) is 0 Å². The van der Waals surface area contributed by atoms with Gasteiger partial charge in [-0.2, -0.15) is 0 Å². The molecule has 0 saturated carbocycles. The number of carboxylic acid groups (broad SMARTS) is 4. The molecule has 0 aromatic heterocycles. The highest BCUT2D eigenvalue weighted by molar-refractivity contribution is 6.12. The number of hydrogen-bond acceptors (Lipinski definition) is 4. The SMILES string of the molecule is CCCCCCCCCc1c(C(=O)O)c(C(=O)O)c(CCCCCCCCC)c(C(=O)O)c1C(=O)O. The minimum Gasteiger partial charge on any atom is -0.478 e. The van der Waals surface area contributed by atoms with Crippen molar-refractivity contribution in [2.24, 2.45) is 0 Å². The maximum Gasteiger partial charge on any atom is 0.336 e. The minimum atomic E-state index is -1.55. The van der Waals surface area contributed by atoms with Crippen molar-refractivity contribution in [3.63, 3.8) is 0 Å². The molecule has 0 amide bonds. The van der Waals surface area contributed by atoms with E-state index in [1.165, 1.54) is 0 Å². The van der Waals surface area contributed by atoms with E-state index in [-0.39, 0.29) is 24.0 Å². The van der Waals surface area contributed by atoms with Crippen LogP contribution in [0, 0.1) is 0 Å². The second-order valence-electron chi connectivity index (χ2n) is 9.42. The van der Waals surface area contributed by atoms with Gasteiger partial charge in [0.15, 0.2) is 0 Å². The van der Waals surface area contributed by atoms with E-state index in [9.17, 15) is 39.6 Å². The molecular weight excluding hydrogens is 464 g/mol. The van der Waals surface area contributed by atoms with E-state index in [1.54, 1.807) is 0 Å². The second kappa shape index (κ2) is 16.7. The standard InChI is InChI=1S/C28H42O8/c1-3-5-7-9-11-13-15-17-19-21(25(29)30)23(27(33)34)20(18-16-14-12-10-8-6-4-2)24(28(35)36)22(19)26(31)32/h3-18H2,1-2H3,(H,29,30)(H,31,32)(H,33,34)(H,35,36). The fourth-order valence-electron chi connectivity index (χ4n) is 4.82. The van der Waals surface area contributed by atoms with Crippen LogP contribution in [0.25, 0.3) is 0 Å². The lowest BCUT2D eigenvalue weighted by molar-refractivity contribution is 0.0632. The van der Waals surface area contributed by atoms with Crippen LogP contribution in [0.4, 0.5) is 0 Å². The molecule has 0 fully saturated rings. The third-order valence-electron chi connectivity index (χ3n) is 6.62. The van der Waals surface area contributed by atoms with Crippen molar-refractivity contribution in [1.29, 1.82) is 0 Å². The van der Waals surface area contributed by atoms with Crippen LogP contribution in [0.1, 0.15) is 156 Å². The van der Waals surface area contributed by atoms with Crippen LogP contribution in [-0.2, 0) is 12.8 Å². The highest BCUT2D eigenvalue weighted by Crippen LogP contribution is 2.32. The zero-order chi connectivity index (χ0) is 27.1. The fourth-order valence-corrected chi connectivity index (χ4v) is 4.82. The Morgan fingerprint density at radius 3 is 0.861 bits per heavy atom. The summed E-state index contributed by atoms with van der Waals surface area (Å²) in [5, 5.41) is 39.8. The van der Waals surface area contributed by atoms with Gasteiger partial charge in [0, 0.05) is 0 Å². The van der Waals surface area contributed by atoms with Crippen molar-refractivity contribution in [2.45, 2.75) is 117 Å². The first kappa shape index (κ1) is 31.1. The summed E-state index contributed by atoms with van der Waals surface area (Å²) in [6.45, 7) is 4.22. The van der Waals surface area contributed by atoms with Crippen molar-refractivity contribution in [2.75, 3.05) is 0 Å². The predicted molar refractivity (Wildman–Crippen MR) is 138 cm³/mol. The van der Waals surface area contributed by atoms with Crippen molar-refractivity contribution in [3.05, 3.63) is 33.4 Å². The molecule has 0 unspecified atom stereocenters. The van der Waals surface area contributed by atoms with Gasteiger partial charge in [-0.25, -0.2) is 19.2 Å². The van der Waals surface area contributed by atoms with Crippen LogP contribution >= 0.6 is 0 Å². The summed E-state index contributed by atoms with van der Waals surface area (Å²) in [4.78, 5) is 48.9. The molecule has 0 atom stereocenters. The van der Waals surface area contributed by atoms with Crippen molar-refractivity contribution in [1.82, 2.24) is 0 Å². The zero-order valence-electron chi connectivity index (χ0n) is 21.7. The Labute approximate surface area is 213 Å². The minimum absolute atomic E-state index is 0.00465. The van der Waals surface area contributed by atoms with Crippen molar-refractivity contribution >= 4 is 23.9 Å². The lowest BCUT2D eigenvalue weighted by Crippen LogP contribution is -2.24. The summed E-state index contributed by atoms with van der Waals surface area (Å²) >= 11 is 0. The third-order valence-corrected chi connectivity index (χ3v) is 6.62. The maximum absolute atomic E-state index is 12.2. The molecule has 36 heavy (non-hydrogen) atoms. The molecule has 0 bridgehead atoms. The number of hydrogen-bond donors (Lipinski definition) is 4. The van der Waals surface area contributed by atoms with Crippen LogP contribution in [0.2, 0.25) is 0 Å². The van der Waals surface area contributed by atoms with Gasteiger partial charge in [-0.15, -0.1) is 0 Å².